The predicted molar refractivity (Wildman–Crippen MR) is 62.8 cm³/mol. The van der Waals surface area contributed by atoms with Crippen LogP contribution in [0.5, 0.6) is 23.0 Å². The standard InChI is InChI=1S/C13H10O5/c14-9-3-1-8(2-4-9)13(17)18-12-7-10(15)5-6-11(12)16/h1-7,14-16H. The average Bonchev–Trinajstić information content (AvgIpc) is 2.34. The van der Waals surface area contributed by atoms with Crippen LogP contribution in [0.4, 0.5) is 0 Å². The quantitative estimate of drug-likeness (QED) is 0.428. The topological polar surface area (TPSA) is 87.0 Å². The van der Waals surface area contributed by atoms with Gasteiger partial charge in [-0.25, -0.2) is 4.79 Å². The van der Waals surface area contributed by atoms with Crippen LogP contribution in [0.1, 0.15) is 10.4 Å². The lowest BCUT2D eigenvalue weighted by Crippen LogP contribution is -2.08. The van der Waals surface area contributed by atoms with Crippen LogP contribution in [0.25, 0.3) is 0 Å². The summed E-state index contributed by atoms with van der Waals surface area (Å²) in [6.45, 7) is 0. The molecule has 0 bridgehead atoms. The molecule has 0 aromatic heterocycles. The van der Waals surface area contributed by atoms with Crippen molar-refractivity contribution in [2.24, 2.45) is 0 Å². The third kappa shape index (κ3) is 2.52. The minimum atomic E-state index is -0.698. The van der Waals surface area contributed by atoms with E-state index < -0.39 is 5.97 Å². The van der Waals surface area contributed by atoms with Gasteiger partial charge in [0.1, 0.15) is 11.5 Å². The van der Waals surface area contributed by atoms with Crippen LogP contribution >= 0.6 is 0 Å². The molecule has 0 fully saturated rings. The van der Waals surface area contributed by atoms with Crippen LogP contribution < -0.4 is 4.74 Å². The van der Waals surface area contributed by atoms with E-state index in [1.165, 1.54) is 36.4 Å². The van der Waals surface area contributed by atoms with Gasteiger partial charge in [-0.3, -0.25) is 0 Å². The van der Waals surface area contributed by atoms with Crippen LogP contribution in [-0.4, -0.2) is 21.3 Å². The largest absolute Gasteiger partial charge is 0.508 e. The van der Waals surface area contributed by atoms with Crippen molar-refractivity contribution in [2.45, 2.75) is 0 Å². The molecule has 0 radical (unpaired) electrons. The van der Waals surface area contributed by atoms with Crippen molar-refractivity contribution in [1.29, 1.82) is 0 Å². The Labute approximate surface area is 103 Å². The molecular weight excluding hydrogens is 236 g/mol. The van der Waals surface area contributed by atoms with E-state index in [-0.39, 0.29) is 28.6 Å². The molecule has 5 heteroatoms. The molecule has 2 rings (SSSR count). The number of hydrogen-bond acceptors (Lipinski definition) is 5. The lowest BCUT2D eigenvalue weighted by atomic mass is 10.2. The van der Waals surface area contributed by atoms with Crippen LogP contribution in [0, 0.1) is 0 Å². The summed E-state index contributed by atoms with van der Waals surface area (Å²) >= 11 is 0. The molecule has 0 unspecified atom stereocenters. The molecule has 0 amide bonds. The fourth-order valence-electron chi connectivity index (χ4n) is 1.34. The lowest BCUT2D eigenvalue weighted by Gasteiger charge is -2.06. The second-order valence-corrected chi connectivity index (χ2v) is 3.59. The summed E-state index contributed by atoms with van der Waals surface area (Å²) in [5, 5.41) is 27.8. The molecule has 0 aliphatic heterocycles. The van der Waals surface area contributed by atoms with Crippen LogP contribution in [0.3, 0.4) is 0 Å². The van der Waals surface area contributed by atoms with Gasteiger partial charge in [0.15, 0.2) is 11.5 Å². The van der Waals surface area contributed by atoms with Gasteiger partial charge in [-0.1, -0.05) is 0 Å². The number of phenolic OH excluding ortho intramolecular Hbond substituents is 3. The lowest BCUT2D eigenvalue weighted by molar-refractivity contribution is 0.0729. The van der Waals surface area contributed by atoms with E-state index in [0.717, 1.165) is 6.07 Å². The van der Waals surface area contributed by atoms with E-state index in [4.69, 9.17) is 9.84 Å². The van der Waals surface area contributed by atoms with Crippen molar-refractivity contribution >= 4 is 5.97 Å². The normalized spacial score (nSPS) is 10.0. The SMILES string of the molecule is O=C(Oc1cc(O)ccc1O)c1ccc(O)cc1. The summed E-state index contributed by atoms with van der Waals surface area (Å²) in [6.07, 6.45) is 0. The highest BCUT2D eigenvalue weighted by atomic mass is 16.5. The number of esters is 1. The fraction of sp³-hybridized carbons (Fsp3) is 0. The first-order valence-electron chi connectivity index (χ1n) is 5.09. The second-order valence-electron chi connectivity index (χ2n) is 3.59. The van der Waals surface area contributed by atoms with Gasteiger partial charge in [-0.15, -0.1) is 0 Å². The highest BCUT2D eigenvalue weighted by Crippen LogP contribution is 2.30. The summed E-state index contributed by atoms with van der Waals surface area (Å²) in [5.41, 5.74) is 0.218. The number of hydrogen-bond donors (Lipinski definition) is 3. The molecular formula is C13H10O5. The van der Waals surface area contributed by atoms with Gasteiger partial charge in [-0.05, 0) is 36.4 Å². The molecule has 3 N–H and O–H groups in total. The Bertz CT molecular complexity index is 574. The van der Waals surface area contributed by atoms with Crippen molar-refractivity contribution in [3.63, 3.8) is 0 Å². The first-order chi connectivity index (χ1) is 8.56. The van der Waals surface area contributed by atoms with E-state index in [9.17, 15) is 15.0 Å². The maximum Gasteiger partial charge on any atom is 0.343 e. The molecule has 0 saturated heterocycles. The van der Waals surface area contributed by atoms with Gasteiger partial charge in [0.2, 0.25) is 0 Å². The highest BCUT2D eigenvalue weighted by Gasteiger charge is 2.12. The Balaban J connectivity index is 2.21. The number of aromatic hydroxyl groups is 3. The number of carbonyl (C=O) groups is 1. The second kappa shape index (κ2) is 4.67. The Kier molecular flexibility index (Phi) is 3.05. The molecule has 2 aromatic carbocycles. The van der Waals surface area contributed by atoms with Crippen molar-refractivity contribution in [1.82, 2.24) is 0 Å². The molecule has 92 valence electrons. The zero-order chi connectivity index (χ0) is 13.1. The van der Waals surface area contributed by atoms with E-state index in [2.05, 4.69) is 0 Å². The Morgan fingerprint density at radius 1 is 0.889 bits per heavy atom. The van der Waals surface area contributed by atoms with Gasteiger partial charge in [-0.2, -0.15) is 0 Å². The van der Waals surface area contributed by atoms with E-state index in [0.29, 0.717) is 0 Å². The average molecular weight is 246 g/mol. The maximum absolute atomic E-state index is 11.7. The van der Waals surface area contributed by atoms with E-state index >= 15 is 0 Å². The molecule has 0 spiro atoms. The number of carbonyl (C=O) groups excluding carboxylic acids is 1. The van der Waals surface area contributed by atoms with Gasteiger partial charge < -0.3 is 20.1 Å². The van der Waals surface area contributed by atoms with Crippen molar-refractivity contribution < 1.29 is 24.9 Å². The van der Waals surface area contributed by atoms with Crippen LogP contribution in [0.2, 0.25) is 0 Å². The molecule has 0 atom stereocenters. The summed E-state index contributed by atoms with van der Waals surface area (Å²) in [4.78, 5) is 11.7. The zero-order valence-corrected chi connectivity index (χ0v) is 9.20. The fourth-order valence-corrected chi connectivity index (χ4v) is 1.34. The number of ether oxygens (including phenoxy) is 1. The van der Waals surface area contributed by atoms with Crippen LogP contribution in [-0.2, 0) is 0 Å². The Hall–Kier alpha value is -2.69. The third-order valence-corrected chi connectivity index (χ3v) is 2.25. The monoisotopic (exact) mass is 246 g/mol. The molecule has 0 aliphatic carbocycles. The summed E-state index contributed by atoms with van der Waals surface area (Å²) in [7, 11) is 0. The van der Waals surface area contributed by atoms with Gasteiger partial charge in [0.25, 0.3) is 0 Å². The maximum atomic E-state index is 11.7. The summed E-state index contributed by atoms with van der Waals surface area (Å²) < 4.78 is 4.92. The number of phenols is 3. The number of rotatable bonds is 2. The van der Waals surface area contributed by atoms with Crippen LogP contribution in [0.15, 0.2) is 42.5 Å². The minimum absolute atomic E-state index is 0.0340. The number of benzene rings is 2. The van der Waals surface area contributed by atoms with E-state index in [1.54, 1.807) is 0 Å². The Morgan fingerprint density at radius 2 is 1.50 bits per heavy atom. The zero-order valence-electron chi connectivity index (χ0n) is 9.20. The predicted octanol–water partition coefficient (Wildman–Crippen LogP) is 2.02. The first kappa shape index (κ1) is 11.8. The molecule has 0 heterocycles. The summed E-state index contributed by atoms with van der Waals surface area (Å²) in [6, 6.07) is 9.09. The minimum Gasteiger partial charge on any atom is -0.508 e. The molecule has 5 nitrogen and oxygen atoms in total. The highest BCUT2D eigenvalue weighted by molar-refractivity contribution is 5.91. The van der Waals surface area contributed by atoms with Gasteiger partial charge >= 0.3 is 5.97 Å². The van der Waals surface area contributed by atoms with E-state index in [1.807, 2.05) is 0 Å². The molecule has 2 aromatic rings. The smallest absolute Gasteiger partial charge is 0.343 e. The molecule has 0 aliphatic rings. The Morgan fingerprint density at radius 3 is 2.17 bits per heavy atom. The summed E-state index contributed by atoms with van der Waals surface area (Å²) in [5.74, 6) is -1.17. The third-order valence-electron chi connectivity index (χ3n) is 2.25. The molecule has 0 saturated carbocycles. The first-order valence-corrected chi connectivity index (χ1v) is 5.09. The van der Waals surface area contributed by atoms with Crippen molar-refractivity contribution in [2.75, 3.05) is 0 Å². The van der Waals surface area contributed by atoms with Crippen molar-refractivity contribution in [3.8, 4) is 23.0 Å². The molecule has 18 heavy (non-hydrogen) atoms. The van der Waals surface area contributed by atoms with Crippen molar-refractivity contribution in [3.05, 3.63) is 48.0 Å². The van der Waals surface area contributed by atoms with Gasteiger partial charge in [0, 0.05) is 6.07 Å². The van der Waals surface area contributed by atoms with Gasteiger partial charge in [0.05, 0.1) is 5.56 Å².